The molecule has 0 aliphatic heterocycles. The molecule has 0 radical (unpaired) electrons. The molecule has 3 amide bonds. The van der Waals surface area contributed by atoms with Gasteiger partial charge in [0.15, 0.2) is 5.82 Å². The molecule has 0 bridgehead atoms. The molecule has 1 saturated carbocycles. The van der Waals surface area contributed by atoms with Crippen molar-refractivity contribution in [3.63, 3.8) is 0 Å². The largest absolute Gasteiger partial charge is 0.481 e. The molecule has 0 spiro atoms. The summed E-state index contributed by atoms with van der Waals surface area (Å²) < 4.78 is 11.6. The fraction of sp³-hybridized carbons (Fsp3) is 0.393. The number of esters is 1. The maximum Gasteiger partial charge on any atom is 0.423 e. The molecule has 1 aliphatic carbocycles. The Hall–Kier alpha value is -5.01. The van der Waals surface area contributed by atoms with Crippen molar-refractivity contribution in [1.29, 1.82) is 0 Å². The number of fused-ring (bicyclic) bond motifs is 1. The van der Waals surface area contributed by atoms with E-state index in [-0.39, 0.29) is 29.4 Å². The Kier molecular flexibility index (Phi) is 9.35. The van der Waals surface area contributed by atoms with E-state index in [2.05, 4.69) is 20.7 Å². The van der Waals surface area contributed by atoms with Crippen LogP contribution >= 0.6 is 0 Å². The van der Waals surface area contributed by atoms with Gasteiger partial charge in [-0.15, -0.1) is 0 Å². The van der Waals surface area contributed by atoms with E-state index >= 15 is 0 Å². The van der Waals surface area contributed by atoms with Crippen LogP contribution in [0.4, 0.5) is 16.3 Å². The van der Waals surface area contributed by atoms with E-state index in [1.807, 2.05) is 6.92 Å². The Morgan fingerprint density at radius 2 is 1.86 bits per heavy atom. The standard InChI is InChI=1S/C28H32N6O8/c1-4-11-29-27(39)20-13-33-24(17(20)3)25(30-14-31-33)34(28(40)42-15-41-23(37)10-9-22(35)36)21-12-18(6-5-16(21)2)26(38)32-19-7-8-19/h5-6,12-14,19H,4,7-11,15H2,1-3H3,(H,29,39)(H,32,38)(H,35,36). The van der Waals surface area contributed by atoms with Gasteiger partial charge in [-0.05, 0) is 56.4 Å². The highest BCUT2D eigenvalue weighted by atomic mass is 16.7. The highest BCUT2D eigenvalue weighted by molar-refractivity contribution is 6.05. The molecule has 3 N–H and O–H groups in total. The van der Waals surface area contributed by atoms with Crippen molar-refractivity contribution in [3.05, 3.63) is 53.0 Å². The van der Waals surface area contributed by atoms with Gasteiger partial charge in [0, 0.05) is 24.3 Å². The Morgan fingerprint density at radius 3 is 2.55 bits per heavy atom. The summed E-state index contributed by atoms with van der Waals surface area (Å²) in [5, 5.41) is 18.7. The number of hydrogen-bond donors (Lipinski definition) is 3. The SMILES string of the molecule is CCCNC(=O)c1cn2ncnc(N(C(=O)OCOC(=O)CCC(=O)O)c3cc(C(=O)NC4CC4)ccc3C)c2c1C. The number of carbonyl (C=O) groups is 5. The van der Waals surface area contributed by atoms with Gasteiger partial charge in [0.2, 0.25) is 6.79 Å². The van der Waals surface area contributed by atoms with Crippen molar-refractivity contribution in [1.82, 2.24) is 25.2 Å². The number of nitrogens with zero attached hydrogens (tertiary/aromatic N) is 4. The number of aliphatic carboxylic acids is 1. The van der Waals surface area contributed by atoms with Crippen molar-refractivity contribution >= 4 is 46.9 Å². The molecular weight excluding hydrogens is 548 g/mol. The van der Waals surface area contributed by atoms with Crippen LogP contribution in [0.3, 0.4) is 0 Å². The van der Waals surface area contributed by atoms with Crippen molar-refractivity contribution in [2.45, 2.75) is 58.9 Å². The third kappa shape index (κ3) is 7.00. The van der Waals surface area contributed by atoms with E-state index < -0.39 is 37.7 Å². The number of amides is 3. The maximum absolute atomic E-state index is 13.6. The number of anilines is 2. The van der Waals surface area contributed by atoms with Gasteiger partial charge >= 0.3 is 18.0 Å². The molecule has 42 heavy (non-hydrogen) atoms. The molecule has 0 atom stereocenters. The molecule has 0 unspecified atom stereocenters. The zero-order chi connectivity index (χ0) is 30.4. The minimum absolute atomic E-state index is 0.0575. The monoisotopic (exact) mass is 580 g/mol. The van der Waals surface area contributed by atoms with Crippen LogP contribution in [-0.4, -0.2) is 68.9 Å². The van der Waals surface area contributed by atoms with Gasteiger partial charge in [-0.1, -0.05) is 13.0 Å². The molecule has 14 heteroatoms. The lowest BCUT2D eigenvalue weighted by Crippen LogP contribution is -2.31. The summed E-state index contributed by atoms with van der Waals surface area (Å²) in [4.78, 5) is 67.4. The Morgan fingerprint density at radius 1 is 1.10 bits per heavy atom. The second-order valence-corrected chi connectivity index (χ2v) is 9.82. The zero-order valence-electron chi connectivity index (χ0n) is 23.5. The average molecular weight is 581 g/mol. The predicted octanol–water partition coefficient (Wildman–Crippen LogP) is 3.02. The predicted molar refractivity (Wildman–Crippen MR) is 148 cm³/mol. The van der Waals surface area contributed by atoms with Crippen LogP contribution in [0.15, 0.2) is 30.7 Å². The van der Waals surface area contributed by atoms with Crippen LogP contribution in [0.2, 0.25) is 0 Å². The van der Waals surface area contributed by atoms with Crippen molar-refractivity contribution in [3.8, 4) is 0 Å². The van der Waals surface area contributed by atoms with E-state index in [1.165, 1.54) is 23.1 Å². The number of aromatic nitrogens is 3. The molecule has 222 valence electrons. The Balaban J connectivity index is 1.73. The van der Waals surface area contributed by atoms with Crippen LogP contribution < -0.4 is 15.5 Å². The van der Waals surface area contributed by atoms with Gasteiger partial charge in [0.1, 0.15) is 11.8 Å². The maximum atomic E-state index is 13.6. The Bertz CT molecular complexity index is 1530. The topological polar surface area (TPSA) is 182 Å². The summed E-state index contributed by atoms with van der Waals surface area (Å²) >= 11 is 0. The number of hydrogen-bond acceptors (Lipinski definition) is 9. The molecule has 1 aromatic carbocycles. The molecule has 2 aromatic heterocycles. The average Bonchev–Trinajstić information content (AvgIpc) is 3.71. The normalized spacial score (nSPS) is 12.5. The summed E-state index contributed by atoms with van der Waals surface area (Å²) in [5.74, 6) is -2.60. The van der Waals surface area contributed by atoms with Crippen molar-refractivity contribution in [2.75, 3.05) is 18.2 Å². The van der Waals surface area contributed by atoms with Crippen molar-refractivity contribution < 1.29 is 38.6 Å². The van der Waals surface area contributed by atoms with Gasteiger partial charge in [-0.2, -0.15) is 5.10 Å². The molecule has 0 saturated heterocycles. The molecular formula is C28H32N6O8. The molecule has 14 nitrogen and oxygen atoms in total. The minimum Gasteiger partial charge on any atom is -0.481 e. The molecule has 4 rings (SSSR count). The third-order valence-electron chi connectivity index (χ3n) is 6.55. The fourth-order valence-corrected chi connectivity index (χ4v) is 4.15. The van der Waals surface area contributed by atoms with Crippen LogP contribution in [0.1, 0.15) is 70.9 Å². The third-order valence-corrected chi connectivity index (χ3v) is 6.55. The van der Waals surface area contributed by atoms with E-state index in [4.69, 9.17) is 14.6 Å². The van der Waals surface area contributed by atoms with Crippen LogP contribution in [-0.2, 0) is 19.1 Å². The summed E-state index contributed by atoms with van der Waals surface area (Å²) in [6.45, 7) is 5.05. The number of carbonyl (C=O) groups excluding carboxylic acids is 4. The first-order valence-electron chi connectivity index (χ1n) is 13.5. The molecule has 1 aliphatic rings. The summed E-state index contributed by atoms with van der Waals surface area (Å²) in [5.41, 5.74) is 2.32. The van der Waals surface area contributed by atoms with Gasteiger partial charge in [-0.3, -0.25) is 19.2 Å². The molecule has 3 aromatic rings. The van der Waals surface area contributed by atoms with E-state index in [0.717, 1.165) is 24.2 Å². The number of benzene rings is 1. The highest BCUT2D eigenvalue weighted by Crippen LogP contribution is 2.34. The second kappa shape index (κ2) is 13.1. The number of carboxylic acids is 1. The first-order chi connectivity index (χ1) is 20.1. The lowest BCUT2D eigenvalue weighted by molar-refractivity contribution is -0.154. The number of rotatable bonds is 12. The first kappa shape index (κ1) is 30.0. The molecule has 2 heterocycles. The van der Waals surface area contributed by atoms with Gasteiger partial charge < -0.3 is 25.2 Å². The lowest BCUT2D eigenvalue weighted by Gasteiger charge is -2.24. The van der Waals surface area contributed by atoms with Gasteiger partial charge in [0.05, 0.1) is 24.1 Å². The lowest BCUT2D eigenvalue weighted by atomic mass is 10.1. The minimum atomic E-state index is -1.17. The second-order valence-electron chi connectivity index (χ2n) is 9.82. The van der Waals surface area contributed by atoms with Crippen molar-refractivity contribution in [2.24, 2.45) is 0 Å². The summed E-state index contributed by atoms with van der Waals surface area (Å²) in [7, 11) is 0. The van der Waals surface area contributed by atoms with E-state index in [9.17, 15) is 24.0 Å². The summed E-state index contributed by atoms with van der Waals surface area (Å²) in [6, 6.07) is 4.95. The van der Waals surface area contributed by atoms with Crippen LogP contribution in [0, 0.1) is 13.8 Å². The Labute approximate surface area is 241 Å². The number of nitrogens with one attached hydrogen (secondary N) is 2. The quantitative estimate of drug-likeness (QED) is 0.213. The number of ether oxygens (including phenoxy) is 2. The van der Waals surface area contributed by atoms with Gasteiger partial charge in [0.25, 0.3) is 11.8 Å². The van der Waals surface area contributed by atoms with E-state index in [0.29, 0.717) is 34.3 Å². The molecule has 1 fully saturated rings. The smallest absolute Gasteiger partial charge is 0.423 e. The van der Waals surface area contributed by atoms with Crippen LogP contribution in [0.5, 0.6) is 0 Å². The number of carboxylic acid groups (broad SMARTS) is 1. The number of aryl methyl sites for hydroxylation is 2. The van der Waals surface area contributed by atoms with E-state index in [1.54, 1.807) is 26.0 Å². The highest BCUT2D eigenvalue weighted by Gasteiger charge is 2.30. The first-order valence-corrected chi connectivity index (χ1v) is 13.5. The fourth-order valence-electron chi connectivity index (χ4n) is 4.15. The van der Waals surface area contributed by atoms with Gasteiger partial charge in [-0.25, -0.2) is 19.2 Å². The zero-order valence-corrected chi connectivity index (χ0v) is 23.5. The van der Waals surface area contributed by atoms with Crippen LogP contribution in [0.25, 0.3) is 5.52 Å². The summed E-state index contributed by atoms with van der Waals surface area (Å²) in [6.07, 6.45) is 3.45.